The van der Waals surface area contributed by atoms with Crippen LogP contribution in [0.1, 0.15) is 25.3 Å². The van der Waals surface area contributed by atoms with Gasteiger partial charge in [-0.05, 0) is 31.5 Å². The Kier molecular flexibility index (Phi) is 6.09. The lowest BCUT2D eigenvalue weighted by molar-refractivity contribution is -0.179. The minimum Gasteiger partial charge on any atom is -0.435 e. The molecule has 0 radical (unpaired) electrons. The molecule has 1 aliphatic rings. The van der Waals surface area contributed by atoms with Gasteiger partial charge < -0.3 is 24.9 Å². The molecule has 0 spiro atoms. The van der Waals surface area contributed by atoms with Crippen molar-refractivity contribution < 1.29 is 23.0 Å². The van der Waals surface area contributed by atoms with Crippen LogP contribution < -0.4 is 10.1 Å². The first kappa shape index (κ1) is 16.6. The summed E-state index contributed by atoms with van der Waals surface area (Å²) in [5.74, 6) is 0.0427. The van der Waals surface area contributed by atoms with Crippen LogP contribution in [0.5, 0.6) is 5.75 Å². The van der Waals surface area contributed by atoms with Crippen molar-refractivity contribution in [1.29, 1.82) is 5.41 Å². The lowest BCUT2D eigenvalue weighted by Crippen LogP contribution is -2.27. The van der Waals surface area contributed by atoms with Gasteiger partial charge in [-0.1, -0.05) is 0 Å². The number of rotatable bonds is 7. The van der Waals surface area contributed by atoms with Crippen molar-refractivity contribution in [2.75, 3.05) is 25.1 Å². The van der Waals surface area contributed by atoms with Gasteiger partial charge in [-0.2, -0.15) is 8.78 Å². The van der Waals surface area contributed by atoms with Crippen LogP contribution >= 0.6 is 0 Å². The summed E-state index contributed by atoms with van der Waals surface area (Å²) in [6.45, 7) is 0.725. The summed E-state index contributed by atoms with van der Waals surface area (Å²) in [5.41, 5.74) is 1.50. The summed E-state index contributed by atoms with van der Waals surface area (Å²) in [7, 11) is 0. The van der Waals surface area contributed by atoms with E-state index in [0.29, 0.717) is 37.4 Å². The minimum absolute atomic E-state index is 0.0427. The summed E-state index contributed by atoms with van der Waals surface area (Å²) in [5, 5.41) is 10.9. The molecule has 2 N–H and O–H groups in total. The van der Waals surface area contributed by atoms with Gasteiger partial charge in [0, 0.05) is 29.9 Å². The maximum absolute atomic E-state index is 12.2. The summed E-state index contributed by atoms with van der Waals surface area (Å²) >= 11 is 0. The highest BCUT2D eigenvalue weighted by atomic mass is 19.3. The molecule has 5 nitrogen and oxygen atoms in total. The van der Waals surface area contributed by atoms with Gasteiger partial charge >= 0.3 is 6.61 Å². The van der Waals surface area contributed by atoms with Gasteiger partial charge in [-0.3, -0.25) is 0 Å². The van der Waals surface area contributed by atoms with E-state index in [9.17, 15) is 8.78 Å². The molecule has 0 unspecified atom stereocenters. The van der Waals surface area contributed by atoms with Gasteiger partial charge in [0.05, 0.1) is 13.2 Å². The van der Waals surface area contributed by atoms with Crippen LogP contribution in [0, 0.1) is 5.41 Å². The highest BCUT2D eigenvalue weighted by Gasteiger charge is 2.14. The summed E-state index contributed by atoms with van der Waals surface area (Å²) < 4.78 is 39.7. The van der Waals surface area contributed by atoms with Gasteiger partial charge in [-0.15, -0.1) is 0 Å². The van der Waals surface area contributed by atoms with E-state index in [2.05, 4.69) is 10.1 Å². The normalized spacial score (nSPS) is 15.8. The van der Waals surface area contributed by atoms with E-state index in [1.807, 2.05) is 0 Å². The van der Waals surface area contributed by atoms with Crippen LogP contribution in [-0.2, 0) is 9.47 Å². The Hall–Kier alpha value is -1.73. The van der Waals surface area contributed by atoms with E-state index in [0.717, 1.165) is 6.42 Å². The zero-order valence-electron chi connectivity index (χ0n) is 12.4. The number of nitrogens with one attached hydrogen (secondary N) is 2. The van der Waals surface area contributed by atoms with Gasteiger partial charge in [0.2, 0.25) is 0 Å². The molecule has 0 bridgehead atoms. The fourth-order valence-electron chi connectivity index (χ4n) is 2.19. The van der Waals surface area contributed by atoms with E-state index < -0.39 is 6.61 Å². The van der Waals surface area contributed by atoms with Crippen molar-refractivity contribution in [3.8, 4) is 5.75 Å². The topological polar surface area (TPSA) is 63.6 Å². The van der Waals surface area contributed by atoms with Gasteiger partial charge in [0.15, 0.2) is 6.29 Å². The molecule has 0 aromatic heterocycles. The van der Waals surface area contributed by atoms with Gasteiger partial charge in [-0.25, -0.2) is 0 Å². The molecule has 0 amide bonds. The molecule has 7 heteroatoms. The SMILES string of the molecule is CC(=N)c1cc(OC(F)F)ccc1NCCC1OCCCO1. The number of hydrogen-bond acceptors (Lipinski definition) is 5. The number of ether oxygens (including phenoxy) is 3. The fraction of sp³-hybridized carbons (Fsp3) is 0.533. The van der Waals surface area contributed by atoms with Crippen molar-refractivity contribution in [2.24, 2.45) is 0 Å². The van der Waals surface area contributed by atoms with Crippen molar-refractivity contribution in [2.45, 2.75) is 32.7 Å². The second kappa shape index (κ2) is 8.05. The largest absolute Gasteiger partial charge is 0.435 e. The molecule has 1 saturated heterocycles. The second-order valence-corrected chi connectivity index (χ2v) is 4.95. The summed E-state index contributed by atoms with van der Waals surface area (Å²) in [6, 6.07) is 4.52. The van der Waals surface area contributed by atoms with Crippen LogP contribution in [0.25, 0.3) is 0 Å². The molecule has 0 aliphatic carbocycles. The Balaban J connectivity index is 1.95. The predicted molar refractivity (Wildman–Crippen MR) is 79.0 cm³/mol. The van der Waals surface area contributed by atoms with Crippen LogP contribution in [-0.4, -0.2) is 38.4 Å². The Morgan fingerprint density at radius 3 is 2.77 bits per heavy atom. The Morgan fingerprint density at radius 1 is 1.41 bits per heavy atom. The zero-order chi connectivity index (χ0) is 15.9. The highest BCUT2D eigenvalue weighted by Crippen LogP contribution is 2.24. The molecular weight excluding hydrogens is 294 g/mol. The second-order valence-electron chi connectivity index (χ2n) is 4.95. The summed E-state index contributed by atoms with van der Waals surface area (Å²) in [4.78, 5) is 0. The first-order valence-corrected chi connectivity index (χ1v) is 7.17. The first-order valence-electron chi connectivity index (χ1n) is 7.17. The third kappa shape index (κ3) is 4.92. The number of halogens is 2. The molecule has 122 valence electrons. The molecule has 1 aromatic carbocycles. The smallest absolute Gasteiger partial charge is 0.387 e. The molecule has 22 heavy (non-hydrogen) atoms. The lowest BCUT2D eigenvalue weighted by Gasteiger charge is -2.23. The Morgan fingerprint density at radius 2 is 2.14 bits per heavy atom. The summed E-state index contributed by atoms with van der Waals surface area (Å²) in [6.07, 6.45) is 1.37. The van der Waals surface area contributed by atoms with Gasteiger partial charge in [0.25, 0.3) is 0 Å². The van der Waals surface area contributed by atoms with E-state index in [1.165, 1.54) is 12.1 Å². The molecule has 2 rings (SSSR count). The van der Waals surface area contributed by atoms with E-state index in [4.69, 9.17) is 14.9 Å². The average molecular weight is 314 g/mol. The number of alkyl halides is 2. The monoisotopic (exact) mass is 314 g/mol. The van der Waals surface area contributed by atoms with E-state index in [-0.39, 0.29) is 17.8 Å². The third-order valence-electron chi connectivity index (χ3n) is 3.21. The third-order valence-corrected chi connectivity index (χ3v) is 3.21. The highest BCUT2D eigenvalue weighted by molar-refractivity contribution is 6.01. The van der Waals surface area contributed by atoms with E-state index >= 15 is 0 Å². The lowest BCUT2D eigenvalue weighted by atomic mass is 10.1. The molecular formula is C15H20F2N2O3. The van der Waals surface area contributed by atoms with Crippen molar-refractivity contribution >= 4 is 11.4 Å². The van der Waals surface area contributed by atoms with Crippen LogP contribution in [0.2, 0.25) is 0 Å². The van der Waals surface area contributed by atoms with Crippen LogP contribution in [0.3, 0.4) is 0 Å². The number of hydrogen-bond donors (Lipinski definition) is 2. The molecule has 0 saturated carbocycles. The predicted octanol–water partition coefficient (Wildman–Crippen LogP) is 3.24. The number of benzene rings is 1. The molecule has 0 atom stereocenters. The standard InChI is InChI=1S/C15H20F2N2O3/c1-10(18)12-9-11(22-15(16)17)3-4-13(12)19-6-5-14-20-7-2-8-21-14/h3-4,9,14-15,18-19H,2,5-8H2,1H3. The number of anilines is 1. The molecule has 1 aromatic rings. The Bertz CT molecular complexity index is 506. The molecule has 1 fully saturated rings. The Labute approximate surface area is 128 Å². The fourth-order valence-corrected chi connectivity index (χ4v) is 2.19. The molecule has 1 heterocycles. The van der Waals surface area contributed by atoms with Crippen molar-refractivity contribution in [3.05, 3.63) is 23.8 Å². The van der Waals surface area contributed by atoms with Crippen LogP contribution in [0.4, 0.5) is 14.5 Å². The zero-order valence-corrected chi connectivity index (χ0v) is 12.4. The first-order chi connectivity index (χ1) is 10.6. The quantitative estimate of drug-likeness (QED) is 0.758. The van der Waals surface area contributed by atoms with Crippen molar-refractivity contribution in [3.63, 3.8) is 0 Å². The molecule has 1 aliphatic heterocycles. The maximum atomic E-state index is 12.2. The average Bonchev–Trinajstić information content (AvgIpc) is 2.49. The van der Waals surface area contributed by atoms with Crippen molar-refractivity contribution in [1.82, 2.24) is 0 Å². The maximum Gasteiger partial charge on any atom is 0.387 e. The minimum atomic E-state index is -2.88. The van der Waals surface area contributed by atoms with E-state index in [1.54, 1.807) is 13.0 Å². The van der Waals surface area contributed by atoms with Gasteiger partial charge in [0.1, 0.15) is 5.75 Å². The van der Waals surface area contributed by atoms with Crippen LogP contribution in [0.15, 0.2) is 18.2 Å².